The molecule has 0 fully saturated rings. The molecule has 0 saturated carbocycles. The first-order chi connectivity index (χ1) is 7.76. The summed E-state index contributed by atoms with van der Waals surface area (Å²) in [5, 5.41) is 12.3. The molecule has 3 heteroatoms. The smallest absolute Gasteiger partial charge is 0.0681 e. The molecule has 1 unspecified atom stereocenters. The van der Waals surface area contributed by atoms with Gasteiger partial charge in [0.25, 0.3) is 0 Å². The molecule has 0 heterocycles. The minimum atomic E-state index is 0.110. The number of nitrogens with one attached hydrogen (secondary N) is 1. The molecule has 0 aliphatic heterocycles. The molecular formula is C13H21NO2. The van der Waals surface area contributed by atoms with Gasteiger partial charge < -0.3 is 15.2 Å². The van der Waals surface area contributed by atoms with Gasteiger partial charge in [0.1, 0.15) is 0 Å². The predicted octanol–water partition coefficient (Wildman–Crippen LogP) is 1.55. The Balaban J connectivity index is 2.26. The Kier molecular flexibility index (Phi) is 6.08. The number of hydrogen-bond donors (Lipinski definition) is 2. The topological polar surface area (TPSA) is 41.5 Å². The summed E-state index contributed by atoms with van der Waals surface area (Å²) in [5.74, 6) is 0.529. The van der Waals surface area contributed by atoms with E-state index in [1.807, 2.05) is 24.3 Å². The van der Waals surface area contributed by atoms with Crippen molar-refractivity contribution in [2.45, 2.75) is 20.1 Å². The third kappa shape index (κ3) is 4.75. The molecule has 90 valence electrons. The number of hydrogen-bond acceptors (Lipinski definition) is 3. The van der Waals surface area contributed by atoms with Crippen LogP contribution in [0.1, 0.15) is 18.1 Å². The van der Waals surface area contributed by atoms with Gasteiger partial charge >= 0.3 is 0 Å². The summed E-state index contributed by atoms with van der Waals surface area (Å²) >= 11 is 0. The summed E-state index contributed by atoms with van der Waals surface area (Å²) in [7, 11) is 1.73. The van der Waals surface area contributed by atoms with E-state index >= 15 is 0 Å². The maximum absolute atomic E-state index is 8.91. The first-order valence-corrected chi connectivity index (χ1v) is 5.64. The van der Waals surface area contributed by atoms with Gasteiger partial charge in [-0.05, 0) is 17.0 Å². The van der Waals surface area contributed by atoms with Gasteiger partial charge in [0.2, 0.25) is 0 Å². The second kappa shape index (κ2) is 7.39. The average molecular weight is 223 g/mol. The van der Waals surface area contributed by atoms with Crippen LogP contribution in [0.2, 0.25) is 0 Å². The molecule has 0 saturated heterocycles. The molecular weight excluding hydrogens is 202 g/mol. The molecule has 1 rings (SSSR count). The van der Waals surface area contributed by atoms with E-state index in [0.717, 1.165) is 25.3 Å². The van der Waals surface area contributed by atoms with Crippen molar-refractivity contribution in [3.8, 4) is 0 Å². The molecule has 1 aromatic rings. The standard InChI is InChI=1S/C13H21NO2/c1-11(10-16-2)7-14-8-12-3-5-13(9-15)6-4-12/h3-6,11,14-15H,7-10H2,1-2H3. The molecule has 0 aliphatic carbocycles. The lowest BCUT2D eigenvalue weighted by molar-refractivity contribution is 0.158. The van der Waals surface area contributed by atoms with Crippen LogP contribution >= 0.6 is 0 Å². The predicted molar refractivity (Wildman–Crippen MR) is 65.1 cm³/mol. The quantitative estimate of drug-likeness (QED) is 0.737. The van der Waals surface area contributed by atoms with E-state index in [-0.39, 0.29) is 6.61 Å². The molecule has 0 spiro atoms. The van der Waals surface area contributed by atoms with Crippen molar-refractivity contribution >= 4 is 0 Å². The Morgan fingerprint density at radius 2 is 1.88 bits per heavy atom. The van der Waals surface area contributed by atoms with E-state index in [4.69, 9.17) is 9.84 Å². The summed E-state index contributed by atoms with van der Waals surface area (Å²) < 4.78 is 5.07. The summed E-state index contributed by atoms with van der Waals surface area (Å²) in [6, 6.07) is 7.99. The maximum atomic E-state index is 8.91. The SMILES string of the molecule is COCC(C)CNCc1ccc(CO)cc1. The van der Waals surface area contributed by atoms with Crippen molar-refractivity contribution in [3.63, 3.8) is 0 Å². The maximum Gasteiger partial charge on any atom is 0.0681 e. The van der Waals surface area contributed by atoms with E-state index in [2.05, 4.69) is 12.2 Å². The molecule has 1 aromatic carbocycles. The van der Waals surface area contributed by atoms with Crippen LogP contribution < -0.4 is 5.32 Å². The highest BCUT2D eigenvalue weighted by molar-refractivity contribution is 5.21. The number of aliphatic hydroxyl groups excluding tert-OH is 1. The largest absolute Gasteiger partial charge is 0.392 e. The molecule has 0 aliphatic rings. The Bertz CT molecular complexity index is 284. The highest BCUT2D eigenvalue weighted by Crippen LogP contribution is 2.04. The Morgan fingerprint density at radius 1 is 1.25 bits per heavy atom. The summed E-state index contributed by atoms with van der Waals surface area (Å²) in [6.07, 6.45) is 0. The molecule has 0 aromatic heterocycles. The summed E-state index contributed by atoms with van der Waals surface area (Å²) in [6.45, 7) is 4.87. The second-order valence-corrected chi connectivity index (χ2v) is 4.17. The van der Waals surface area contributed by atoms with Crippen LogP contribution in [0.5, 0.6) is 0 Å². The highest BCUT2D eigenvalue weighted by atomic mass is 16.5. The van der Waals surface area contributed by atoms with Crippen LogP contribution in [0.15, 0.2) is 24.3 Å². The lowest BCUT2D eigenvalue weighted by Crippen LogP contribution is -2.23. The van der Waals surface area contributed by atoms with E-state index in [1.165, 1.54) is 5.56 Å². The van der Waals surface area contributed by atoms with Gasteiger partial charge in [-0.2, -0.15) is 0 Å². The van der Waals surface area contributed by atoms with Crippen molar-refractivity contribution < 1.29 is 9.84 Å². The number of rotatable bonds is 7. The fourth-order valence-corrected chi connectivity index (χ4v) is 1.57. The fourth-order valence-electron chi connectivity index (χ4n) is 1.57. The van der Waals surface area contributed by atoms with Crippen LogP contribution in [0.3, 0.4) is 0 Å². The van der Waals surface area contributed by atoms with Gasteiger partial charge in [0.05, 0.1) is 6.61 Å². The van der Waals surface area contributed by atoms with Gasteiger partial charge in [-0.25, -0.2) is 0 Å². The summed E-state index contributed by atoms with van der Waals surface area (Å²) in [4.78, 5) is 0. The lowest BCUT2D eigenvalue weighted by atomic mass is 10.1. The van der Waals surface area contributed by atoms with Crippen LogP contribution in [0, 0.1) is 5.92 Å². The molecule has 1 atom stereocenters. The van der Waals surface area contributed by atoms with Gasteiger partial charge in [-0.3, -0.25) is 0 Å². The van der Waals surface area contributed by atoms with Crippen LogP contribution in [-0.2, 0) is 17.9 Å². The van der Waals surface area contributed by atoms with Crippen LogP contribution in [-0.4, -0.2) is 25.4 Å². The Labute approximate surface area is 97.4 Å². The van der Waals surface area contributed by atoms with E-state index < -0.39 is 0 Å². The van der Waals surface area contributed by atoms with Crippen LogP contribution in [0.4, 0.5) is 0 Å². The van der Waals surface area contributed by atoms with Crippen molar-refractivity contribution in [3.05, 3.63) is 35.4 Å². The fraction of sp³-hybridized carbons (Fsp3) is 0.538. The van der Waals surface area contributed by atoms with Crippen molar-refractivity contribution in [1.29, 1.82) is 0 Å². The van der Waals surface area contributed by atoms with E-state index in [9.17, 15) is 0 Å². The minimum Gasteiger partial charge on any atom is -0.392 e. The average Bonchev–Trinajstić information content (AvgIpc) is 2.30. The molecule has 0 bridgehead atoms. The first-order valence-electron chi connectivity index (χ1n) is 5.64. The molecule has 0 amide bonds. The molecule has 3 nitrogen and oxygen atoms in total. The number of benzene rings is 1. The normalized spacial score (nSPS) is 12.7. The zero-order valence-electron chi connectivity index (χ0n) is 10.1. The van der Waals surface area contributed by atoms with Gasteiger partial charge in [-0.15, -0.1) is 0 Å². The van der Waals surface area contributed by atoms with Gasteiger partial charge in [0.15, 0.2) is 0 Å². The van der Waals surface area contributed by atoms with Crippen molar-refractivity contribution in [2.24, 2.45) is 5.92 Å². The highest BCUT2D eigenvalue weighted by Gasteiger charge is 2.00. The van der Waals surface area contributed by atoms with Gasteiger partial charge in [-0.1, -0.05) is 31.2 Å². The Morgan fingerprint density at radius 3 is 2.44 bits per heavy atom. The third-order valence-electron chi connectivity index (χ3n) is 2.48. The third-order valence-corrected chi connectivity index (χ3v) is 2.48. The van der Waals surface area contributed by atoms with E-state index in [1.54, 1.807) is 7.11 Å². The van der Waals surface area contributed by atoms with Crippen LogP contribution in [0.25, 0.3) is 0 Å². The lowest BCUT2D eigenvalue weighted by Gasteiger charge is -2.11. The van der Waals surface area contributed by atoms with Crippen molar-refractivity contribution in [2.75, 3.05) is 20.3 Å². The number of aliphatic hydroxyl groups is 1. The zero-order valence-corrected chi connectivity index (χ0v) is 10.1. The monoisotopic (exact) mass is 223 g/mol. The van der Waals surface area contributed by atoms with Crippen molar-refractivity contribution in [1.82, 2.24) is 5.32 Å². The summed E-state index contributed by atoms with van der Waals surface area (Å²) in [5.41, 5.74) is 2.19. The first kappa shape index (κ1) is 13.2. The number of methoxy groups -OCH3 is 1. The zero-order chi connectivity index (χ0) is 11.8. The number of ether oxygens (including phenoxy) is 1. The Hall–Kier alpha value is -0.900. The minimum absolute atomic E-state index is 0.110. The molecule has 2 N–H and O–H groups in total. The van der Waals surface area contributed by atoms with Gasteiger partial charge in [0, 0.05) is 26.8 Å². The van der Waals surface area contributed by atoms with E-state index in [0.29, 0.717) is 5.92 Å². The molecule has 0 radical (unpaired) electrons. The second-order valence-electron chi connectivity index (χ2n) is 4.17. The molecule has 16 heavy (non-hydrogen) atoms.